The van der Waals surface area contributed by atoms with E-state index in [1.807, 2.05) is 4.72 Å². The van der Waals surface area contributed by atoms with Gasteiger partial charge in [0.15, 0.2) is 0 Å². The van der Waals surface area contributed by atoms with Gasteiger partial charge in [-0.1, -0.05) is 34.1 Å². The molecular formula is C23H20BrF3N2O6S2. The van der Waals surface area contributed by atoms with Gasteiger partial charge in [-0.2, -0.15) is 13.2 Å². The van der Waals surface area contributed by atoms with E-state index in [0.29, 0.717) is 23.9 Å². The number of hydrogen-bond acceptors (Lipinski definition) is 6. The van der Waals surface area contributed by atoms with Crippen molar-refractivity contribution in [3.8, 4) is 0 Å². The van der Waals surface area contributed by atoms with Crippen LogP contribution in [0.5, 0.6) is 0 Å². The molecule has 3 aromatic rings. The number of amides is 1. The predicted octanol–water partition coefficient (Wildman–Crippen LogP) is 4.85. The molecular weight excluding hydrogens is 601 g/mol. The fraction of sp³-hybridized carbons (Fsp3) is 0.174. The Labute approximate surface area is 220 Å². The minimum absolute atomic E-state index is 0.215. The summed E-state index contributed by atoms with van der Waals surface area (Å²) in [5, 5.41) is 0. The normalized spacial score (nSPS) is 12.2. The summed E-state index contributed by atoms with van der Waals surface area (Å²) in [6.45, 7) is -1.06. The Bertz CT molecular complexity index is 1480. The number of benzene rings is 3. The van der Waals surface area contributed by atoms with Crippen LogP contribution in [0.15, 0.2) is 92.0 Å². The summed E-state index contributed by atoms with van der Waals surface area (Å²) in [7, 11) is -7.73. The van der Waals surface area contributed by atoms with Gasteiger partial charge in [-0.15, -0.1) is 0 Å². The number of hydrogen-bond donors (Lipinski definition) is 1. The van der Waals surface area contributed by atoms with Gasteiger partial charge in [0.1, 0.15) is 6.61 Å². The summed E-state index contributed by atoms with van der Waals surface area (Å²) < 4.78 is 99.7. The molecule has 0 aliphatic heterocycles. The first-order valence-corrected chi connectivity index (χ1v) is 14.2. The summed E-state index contributed by atoms with van der Waals surface area (Å²) in [5.74, 6) is 0. The molecule has 8 nitrogen and oxygen atoms in total. The fourth-order valence-corrected chi connectivity index (χ4v) is 6.03. The van der Waals surface area contributed by atoms with E-state index < -0.39 is 60.6 Å². The van der Waals surface area contributed by atoms with Gasteiger partial charge < -0.3 is 4.74 Å². The Balaban J connectivity index is 1.78. The Morgan fingerprint density at radius 3 is 2.16 bits per heavy atom. The second kappa shape index (κ2) is 11.2. The lowest BCUT2D eigenvalue weighted by atomic mass is 10.2. The Kier molecular flexibility index (Phi) is 8.67. The number of sulfonamides is 1. The first-order valence-electron chi connectivity index (χ1n) is 10.4. The SMILES string of the molecule is CN(C(=O)OCCNS(=O)(=O)c1cc(S(=O)(=O)c2ccccc2)ccc1C(F)(F)F)c1ccc(Br)cc1. The van der Waals surface area contributed by atoms with Crippen LogP contribution in [-0.4, -0.2) is 43.1 Å². The molecule has 198 valence electrons. The molecule has 0 aromatic heterocycles. The third-order valence-electron chi connectivity index (χ3n) is 5.02. The number of ether oxygens (including phenoxy) is 1. The van der Waals surface area contributed by atoms with Crippen molar-refractivity contribution in [1.29, 1.82) is 0 Å². The van der Waals surface area contributed by atoms with Crippen molar-refractivity contribution in [3.05, 3.63) is 82.8 Å². The molecule has 0 saturated heterocycles. The van der Waals surface area contributed by atoms with Crippen LogP contribution in [-0.2, 0) is 30.8 Å². The molecule has 0 heterocycles. The van der Waals surface area contributed by atoms with Gasteiger partial charge in [0.25, 0.3) is 0 Å². The highest BCUT2D eigenvalue weighted by Crippen LogP contribution is 2.36. The van der Waals surface area contributed by atoms with Crippen molar-refractivity contribution in [2.24, 2.45) is 0 Å². The summed E-state index contributed by atoms with van der Waals surface area (Å²) in [6, 6.07) is 15.1. The van der Waals surface area contributed by atoms with E-state index in [0.717, 1.165) is 9.37 Å². The molecule has 1 N–H and O–H groups in total. The topological polar surface area (TPSA) is 110 Å². The predicted molar refractivity (Wildman–Crippen MR) is 132 cm³/mol. The number of carbonyl (C=O) groups is 1. The van der Waals surface area contributed by atoms with Crippen LogP contribution in [0.2, 0.25) is 0 Å². The van der Waals surface area contributed by atoms with E-state index in [1.54, 1.807) is 30.3 Å². The molecule has 0 spiro atoms. The fourth-order valence-electron chi connectivity index (χ4n) is 3.12. The van der Waals surface area contributed by atoms with Gasteiger partial charge in [0.2, 0.25) is 19.9 Å². The first-order chi connectivity index (χ1) is 17.2. The molecule has 3 aromatic carbocycles. The van der Waals surface area contributed by atoms with Crippen molar-refractivity contribution in [2.45, 2.75) is 20.9 Å². The molecule has 0 radical (unpaired) electrons. The number of alkyl halides is 3. The molecule has 0 unspecified atom stereocenters. The van der Waals surface area contributed by atoms with E-state index in [-0.39, 0.29) is 4.90 Å². The van der Waals surface area contributed by atoms with Crippen LogP contribution >= 0.6 is 15.9 Å². The second-order valence-corrected chi connectivity index (χ2v) is 12.1. The number of carbonyl (C=O) groups excluding carboxylic acids is 1. The highest BCUT2D eigenvalue weighted by molar-refractivity contribution is 9.10. The number of anilines is 1. The van der Waals surface area contributed by atoms with E-state index in [1.165, 1.54) is 31.3 Å². The van der Waals surface area contributed by atoms with Crippen molar-refractivity contribution in [2.75, 3.05) is 25.1 Å². The minimum Gasteiger partial charge on any atom is -0.448 e. The standard InChI is InChI=1S/C23H20BrF3N2O6S2/c1-29(17-9-7-16(24)8-10-17)22(30)35-14-13-28-37(33,34)21-15-19(11-12-20(21)23(25,26)27)36(31,32)18-5-3-2-4-6-18/h2-12,15,28H,13-14H2,1H3. The zero-order chi connectivity index (χ0) is 27.4. The minimum atomic E-state index is -5.08. The monoisotopic (exact) mass is 620 g/mol. The Hall–Kier alpha value is -2.94. The van der Waals surface area contributed by atoms with Crippen molar-refractivity contribution < 1.29 is 39.5 Å². The quantitative estimate of drug-likeness (QED) is 0.361. The highest BCUT2D eigenvalue weighted by Gasteiger charge is 2.38. The lowest BCUT2D eigenvalue weighted by Crippen LogP contribution is -2.33. The number of sulfone groups is 1. The molecule has 14 heteroatoms. The van der Waals surface area contributed by atoms with Gasteiger partial charge in [0.05, 0.1) is 20.2 Å². The van der Waals surface area contributed by atoms with Crippen LogP contribution in [0.25, 0.3) is 0 Å². The maximum atomic E-state index is 13.6. The highest BCUT2D eigenvalue weighted by atomic mass is 79.9. The van der Waals surface area contributed by atoms with Gasteiger partial charge in [-0.25, -0.2) is 26.4 Å². The molecule has 0 atom stereocenters. The van der Waals surface area contributed by atoms with Gasteiger partial charge in [-0.3, -0.25) is 4.90 Å². The number of rotatable bonds is 8. The maximum Gasteiger partial charge on any atom is 0.417 e. The van der Waals surface area contributed by atoms with E-state index >= 15 is 0 Å². The summed E-state index contributed by atoms with van der Waals surface area (Å²) in [6.07, 6.45) is -5.91. The first kappa shape index (κ1) is 28.6. The van der Waals surface area contributed by atoms with Gasteiger partial charge in [-0.05, 0) is 54.6 Å². The van der Waals surface area contributed by atoms with Crippen molar-refractivity contribution in [3.63, 3.8) is 0 Å². The third-order valence-corrected chi connectivity index (χ3v) is 8.82. The van der Waals surface area contributed by atoms with Gasteiger partial charge >= 0.3 is 12.3 Å². The zero-order valence-electron chi connectivity index (χ0n) is 19.1. The van der Waals surface area contributed by atoms with E-state index in [4.69, 9.17) is 4.74 Å². The van der Waals surface area contributed by atoms with Crippen LogP contribution in [0.1, 0.15) is 5.56 Å². The van der Waals surface area contributed by atoms with Crippen LogP contribution in [0, 0.1) is 0 Å². The average molecular weight is 621 g/mol. The summed E-state index contributed by atoms with van der Waals surface area (Å²) in [4.78, 5) is 11.2. The van der Waals surface area contributed by atoms with Crippen molar-refractivity contribution >= 4 is 47.6 Å². The summed E-state index contributed by atoms with van der Waals surface area (Å²) in [5.41, 5.74) is -1.06. The van der Waals surface area contributed by atoms with Crippen LogP contribution in [0.3, 0.4) is 0 Å². The second-order valence-electron chi connectivity index (χ2n) is 7.52. The maximum absolute atomic E-state index is 13.6. The van der Waals surface area contributed by atoms with E-state index in [2.05, 4.69) is 15.9 Å². The van der Waals surface area contributed by atoms with Crippen molar-refractivity contribution in [1.82, 2.24) is 4.72 Å². The average Bonchev–Trinajstić information content (AvgIpc) is 2.86. The number of halogens is 4. The van der Waals surface area contributed by atoms with Crippen LogP contribution < -0.4 is 9.62 Å². The van der Waals surface area contributed by atoms with E-state index in [9.17, 15) is 34.8 Å². The molecule has 0 fully saturated rings. The molecule has 3 rings (SSSR count). The molecule has 0 aliphatic carbocycles. The van der Waals surface area contributed by atoms with Gasteiger partial charge in [0, 0.05) is 23.8 Å². The number of nitrogens with zero attached hydrogens (tertiary/aromatic N) is 1. The lowest BCUT2D eigenvalue weighted by molar-refractivity contribution is -0.139. The zero-order valence-corrected chi connectivity index (χ0v) is 22.3. The smallest absolute Gasteiger partial charge is 0.417 e. The Morgan fingerprint density at radius 2 is 1.57 bits per heavy atom. The number of nitrogens with one attached hydrogen (secondary N) is 1. The molecule has 0 bridgehead atoms. The molecule has 0 aliphatic rings. The lowest BCUT2D eigenvalue weighted by Gasteiger charge is -2.18. The Morgan fingerprint density at radius 1 is 0.946 bits per heavy atom. The molecule has 1 amide bonds. The molecule has 37 heavy (non-hydrogen) atoms. The van der Waals surface area contributed by atoms with Crippen LogP contribution in [0.4, 0.5) is 23.7 Å². The summed E-state index contributed by atoms with van der Waals surface area (Å²) >= 11 is 3.26. The largest absolute Gasteiger partial charge is 0.448 e. The molecule has 0 saturated carbocycles. The third kappa shape index (κ3) is 6.89.